The first-order valence-electron chi connectivity index (χ1n) is 5.78. The number of hydrogen-bond acceptors (Lipinski definition) is 4. The average Bonchev–Trinajstić information content (AvgIpc) is 2.22. The van der Waals surface area contributed by atoms with Crippen molar-refractivity contribution in [2.75, 3.05) is 13.2 Å². The minimum atomic E-state index is -0.632. The van der Waals surface area contributed by atoms with E-state index < -0.39 is 12.2 Å². The van der Waals surface area contributed by atoms with Gasteiger partial charge in [-0.15, -0.1) is 0 Å². The predicted molar refractivity (Wildman–Crippen MR) is 56.4 cm³/mol. The molecule has 1 aliphatic rings. The molecule has 90 valence electrons. The van der Waals surface area contributed by atoms with Crippen LogP contribution in [0.15, 0.2) is 0 Å². The molecule has 0 saturated heterocycles. The Bertz CT molecular complexity index is 168. The Morgan fingerprint density at radius 2 is 1.67 bits per heavy atom. The molecule has 3 unspecified atom stereocenters. The molecule has 15 heavy (non-hydrogen) atoms. The molecule has 1 aliphatic carbocycles. The zero-order valence-electron chi connectivity index (χ0n) is 9.56. The summed E-state index contributed by atoms with van der Waals surface area (Å²) in [6.07, 6.45) is 0.594. The molecule has 2 N–H and O–H groups in total. The minimum absolute atomic E-state index is 0.197. The highest BCUT2D eigenvalue weighted by Gasteiger charge is 2.33. The molecule has 0 aromatic rings. The third kappa shape index (κ3) is 3.72. The fourth-order valence-electron chi connectivity index (χ4n) is 2.06. The Kier molecular flexibility index (Phi) is 5.53. The summed E-state index contributed by atoms with van der Waals surface area (Å²) in [4.78, 5) is 0. The minimum Gasteiger partial charge on any atom is -0.390 e. The number of rotatable bonds is 5. The molecule has 0 heterocycles. The van der Waals surface area contributed by atoms with Crippen LogP contribution in [-0.4, -0.2) is 41.9 Å². The summed E-state index contributed by atoms with van der Waals surface area (Å²) in [5.74, 6) is 0.197. The highest BCUT2D eigenvalue weighted by atomic mass is 16.7. The molecule has 1 fully saturated rings. The topological polar surface area (TPSA) is 58.9 Å². The maximum atomic E-state index is 9.57. The van der Waals surface area contributed by atoms with Crippen molar-refractivity contribution in [2.24, 2.45) is 5.92 Å². The van der Waals surface area contributed by atoms with E-state index in [1.54, 1.807) is 0 Å². The van der Waals surface area contributed by atoms with Crippen LogP contribution in [0.2, 0.25) is 0 Å². The third-order valence-electron chi connectivity index (χ3n) is 2.87. The van der Waals surface area contributed by atoms with Crippen LogP contribution in [-0.2, 0) is 9.47 Å². The van der Waals surface area contributed by atoms with E-state index >= 15 is 0 Å². The van der Waals surface area contributed by atoms with E-state index in [0.717, 1.165) is 6.42 Å². The molecule has 0 spiro atoms. The van der Waals surface area contributed by atoms with Crippen molar-refractivity contribution in [3.63, 3.8) is 0 Å². The highest BCUT2D eigenvalue weighted by molar-refractivity contribution is 4.80. The van der Waals surface area contributed by atoms with Gasteiger partial charge in [-0.2, -0.15) is 0 Å². The molecular formula is C11H22O4. The second-order valence-corrected chi connectivity index (χ2v) is 3.99. The summed E-state index contributed by atoms with van der Waals surface area (Å²) in [5.41, 5.74) is 0. The standard InChI is InChI=1S/C11H22O4/c1-3-14-11(15-4-2)8-5-6-9(12)10(13)7-8/h8-13H,3-7H2,1-2H3. The smallest absolute Gasteiger partial charge is 0.160 e. The van der Waals surface area contributed by atoms with Gasteiger partial charge in [0, 0.05) is 19.1 Å². The monoisotopic (exact) mass is 218 g/mol. The van der Waals surface area contributed by atoms with E-state index in [1.807, 2.05) is 13.8 Å². The molecule has 1 saturated carbocycles. The van der Waals surface area contributed by atoms with Crippen LogP contribution in [0.5, 0.6) is 0 Å². The Balaban J connectivity index is 2.45. The van der Waals surface area contributed by atoms with Crippen molar-refractivity contribution in [2.45, 2.75) is 51.6 Å². The van der Waals surface area contributed by atoms with E-state index in [9.17, 15) is 10.2 Å². The van der Waals surface area contributed by atoms with E-state index in [1.165, 1.54) is 0 Å². The Labute approximate surface area is 91.2 Å². The molecule has 0 aliphatic heterocycles. The molecule has 4 nitrogen and oxygen atoms in total. The fourth-order valence-corrected chi connectivity index (χ4v) is 2.06. The predicted octanol–water partition coefficient (Wildman–Crippen LogP) is 0.907. The first-order chi connectivity index (χ1) is 7.19. The average molecular weight is 218 g/mol. The first-order valence-corrected chi connectivity index (χ1v) is 5.78. The quantitative estimate of drug-likeness (QED) is 0.673. The summed E-state index contributed by atoms with van der Waals surface area (Å²) < 4.78 is 11.0. The van der Waals surface area contributed by atoms with Crippen LogP contribution >= 0.6 is 0 Å². The number of ether oxygens (including phenoxy) is 2. The SMILES string of the molecule is CCOC(OCC)C1CCC(O)C(O)C1. The van der Waals surface area contributed by atoms with Gasteiger partial charge in [-0.05, 0) is 33.1 Å². The van der Waals surface area contributed by atoms with Crippen LogP contribution in [0.3, 0.4) is 0 Å². The lowest BCUT2D eigenvalue weighted by Gasteiger charge is -2.34. The van der Waals surface area contributed by atoms with Gasteiger partial charge in [0.25, 0.3) is 0 Å². The molecule has 0 bridgehead atoms. The molecular weight excluding hydrogens is 196 g/mol. The van der Waals surface area contributed by atoms with Gasteiger partial charge in [0.1, 0.15) is 0 Å². The molecule has 0 aromatic heterocycles. The van der Waals surface area contributed by atoms with E-state index in [-0.39, 0.29) is 12.2 Å². The largest absolute Gasteiger partial charge is 0.390 e. The summed E-state index contributed by atoms with van der Waals surface area (Å²) in [5, 5.41) is 19.0. The third-order valence-corrected chi connectivity index (χ3v) is 2.87. The lowest BCUT2D eigenvalue weighted by molar-refractivity contribution is -0.185. The van der Waals surface area contributed by atoms with Crippen molar-refractivity contribution in [1.29, 1.82) is 0 Å². The Hall–Kier alpha value is -0.160. The molecule has 1 rings (SSSR count). The fraction of sp³-hybridized carbons (Fsp3) is 1.00. The molecule has 4 heteroatoms. The second-order valence-electron chi connectivity index (χ2n) is 3.99. The van der Waals surface area contributed by atoms with E-state index in [2.05, 4.69) is 0 Å². The van der Waals surface area contributed by atoms with Crippen molar-refractivity contribution in [3.8, 4) is 0 Å². The Morgan fingerprint density at radius 1 is 1.07 bits per heavy atom. The van der Waals surface area contributed by atoms with Crippen LogP contribution in [0.25, 0.3) is 0 Å². The lowest BCUT2D eigenvalue weighted by atomic mass is 9.85. The summed E-state index contributed by atoms with van der Waals surface area (Å²) in [6.45, 7) is 5.08. The summed E-state index contributed by atoms with van der Waals surface area (Å²) in [7, 11) is 0. The summed E-state index contributed by atoms with van der Waals surface area (Å²) >= 11 is 0. The van der Waals surface area contributed by atoms with E-state index in [4.69, 9.17) is 9.47 Å². The first kappa shape index (κ1) is 12.9. The van der Waals surface area contributed by atoms with Gasteiger partial charge in [-0.1, -0.05) is 0 Å². The number of aliphatic hydroxyl groups excluding tert-OH is 2. The molecule has 0 radical (unpaired) electrons. The molecule has 0 aromatic carbocycles. The van der Waals surface area contributed by atoms with Gasteiger partial charge in [-0.3, -0.25) is 0 Å². The highest BCUT2D eigenvalue weighted by Crippen LogP contribution is 2.29. The van der Waals surface area contributed by atoms with Crippen LogP contribution < -0.4 is 0 Å². The van der Waals surface area contributed by atoms with Gasteiger partial charge in [0.05, 0.1) is 12.2 Å². The molecule has 0 amide bonds. The van der Waals surface area contributed by atoms with Crippen molar-refractivity contribution in [1.82, 2.24) is 0 Å². The molecule has 3 atom stereocenters. The zero-order valence-corrected chi connectivity index (χ0v) is 9.56. The number of aliphatic hydroxyl groups is 2. The van der Waals surface area contributed by atoms with Gasteiger partial charge in [0.2, 0.25) is 0 Å². The maximum Gasteiger partial charge on any atom is 0.160 e. The van der Waals surface area contributed by atoms with Gasteiger partial charge in [0.15, 0.2) is 6.29 Å². The van der Waals surface area contributed by atoms with Crippen molar-refractivity contribution >= 4 is 0 Å². The van der Waals surface area contributed by atoms with Crippen LogP contribution in [0, 0.1) is 5.92 Å². The van der Waals surface area contributed by atoms with Gasteiger partial charge < -0.3 is 19.7 Å². The van der Waals surface area contributed by atoms with Gasteiger partial charge >= 0.3 is 0 Å². The normalized spacial score (nSPS) is 32.2. The zero-order chi connectivity index (χ0) is 11.3. The second kappa shape index (κ2) is 6.43. The van der Waals surface area contributed by atoms with Crippen molar-refractivity contribution in [3.05, 3.63) is 0 Å². The number of hydrogen-bond donors (Lipinski definition) is 2. The Morgan fingerprint density at radius 3 is 2.13 bits per heavy atom. The van der Waals surface area contributed by atoms with Crippen LogP contribution in [0.1, 0.15) is 33.1 Å². The van der Waals surface area contributed by atoms with Crippen LogP contribution in [0.4, 0.5) is 0 Å². The summed E-state index contributed by atoms with van der Waals surface area (Å²) in [6, 6.07) is 0. The van der Waals surface area contributed by atoms with E-state index in [0.29, 0.717) is 26.1 Å². The van der Waals surface area contributed by atoms with Crippen molar-refractivity contribution < 1.29 is 19.7 Å². The van der Waals surface area contributed by atoms with Gasteiger partial charge in [-0.25, -0.2) is 0 Å². The lowest BCUT2D eigenvalue weighted by Crippen LogP contribution is -2.39. The maximum absolute atomic E-state index is 9.57.